The third-order valence-corrected chi connectivity index (χ3v) is 2.73. The molecule has 0 unspecified atom stereocenters. The number of halogens is 1. The first-order valence-electron chi connectivity index (χ1n) is 4.31. The molecule has 3 heteroatoms. The molecular weight excluding hydrogens is 232 g/mol. The molecule has 2 nitrogen and oxygen atoms in total. The van der Waals surface area contributed by atoms with Crippen LogP contribution in [-0.2, 0) is 9.53 Å². The van der Waals surface area contributed by atoms with Crippen LogP contribution in [-0.4, -0.2) is 12.1 Å². The van der Waals surface area contributed by atoms with Crippen molar-refractivity contribution in [1.82, 2.24) is 0 Å². The molecule has 0 rings (SSSR count). The van der Waals surface area contributed by atoms with Crippen molar-refractivity contribution in [2.45, 2.75) is 40.7 Å². The number of carbonyl (C=O) groups is 1. The minimum Gasteiger partial charge on any atom is -0.460 e. The summed E-state index contributed by atoms with van der Waals surface area (Å²) in [5, 5.41) is 0. The minimum absolute atomic E-state index is 0.0456. The van der Waals surface area contributed by atoms with Crippen molar-refractivity contribution in [2.24, 2.45) is 5.41 Å². The maximum Gasteiger partial charge on any atom is 0.331 e. The maximum absolute atomic E-state index is 11.2. The summed E-state index contributed by atoms with van der Waals surface area (Å²) in [6.45, 7) is 9.73. The van der Waals surface area contributed by atoms with E-state index < -0.39 is 0 Å². The monoisotopic (exact) mass is 248 g/mol. The van der Waals surface area contributed by atoms with Crippen molar-refractivity contribution in [3.8, 4) is 0 Å². The SMILES string of the molecule is CC(C)OC(=O)C=C(Br)C(C)(C)C. The molecule has 0 aromatic rings. The fourth-order valence-corrected chi connectivity index (χ4v) is 0.773. The van der Waals surface area contributed by atoms with Gasteiger partial charge in [-0.05, 0) is 19.3 Å². The molecule has 0 N–H and O–H groups in total. The molecule has 0 saturated carbocycles. The quantitative estimate of drug-likeness (QED) is 0.554. The van der Waals surface area contributed by atoms with Crippen molar-refractivity contribution in [3.63, 3.8) is 0 Å². The second-order valence-corrected chi connectivity index (χ2v) is 5.08. The van der Waals surface area contributed by atoms with Crippen LogP contribution < -0.4 is 0 Å². The summed E-state index contributed by atoms with van der Waals surface area (Å²) in [4.78, 5) is 11.2. The van der Waals surface area contributed by atoms with E-state index in [0.29, 0.717) is 0 Å². The van der Waals surface area contributed by atoms with Crippen LogP contribution in [0.1, 0.15) is 34.6 Å². The van der Waals surface area contributed by atoms with Crippen LogP contribution in [0.5, 0.6) is 0 Å². The van der Waals surface area contributed by atoms with Crippen molar-refractivity contribution >= 4 is 21.9 Å². The van der Waals surface area contributed by atoms with Crippen molar-refractivity contribution in [3.05, 3.63) is 10.6 Å². The van der Waals surface area contributed by atoms with Crippen LogP contribution in [0, 0.1) is 5.41 Å². The predicted molar refractivity (Wildman–Crippen MR) is 57.7 cm³/mol. The summed E-state index contributed by atoms with van der Waals surface area (Å²) < 4.78 is 5.82. The van der Waals surface area contributed by atoms with Gasteiger partial charge in [0, 0.05) is 10.6 Å². The molecular formula is C10H17BrO2. The van der Waals surface area contributed by atoms with Gasteiger partial charge in [-0.15, -0.1) is 0 Å². The third kappa shape index (κ3) is 5.86. The summed E-state index contributed by atoms with van der Waals surface area (Å²) in [6.07, 6.45) is 1.42. The van der Waals surface area contributed by atoms with Crippen molar-refractivity contribution in [2.75, 3.05) is 0 Å². The zero-order valence-electron chi connectivity index (χ0n) is 8.85. The second-order valence-electron chi connectivity index (χ2n) is 4.23. The normalized spacial score (nSPS) is 13.3. The molecule has 0 fully saturated rings. The van der Waals surface area contributed by atoms with Crippen LogP contribution in [0.25, 0.3) is 0 Å². The molecule has 0 aliphatic rings. The number of hydrogen-bond acceptors (Lipinski definition) is 2. The van der Waals surface area contributed by atoms with Crippen LogP contribution in [0.4, 0.5) is 0 Å². The van der Waals surface area contributed by atoms with E-state index in [9.17, 15) is 4.79 Å². The van der Waals surface area contributed by atoms with Gasteiger partial charge in [-0.2, -0.15) is 0 Å². The molecule has 0 heterocycles. The highest BCUT2D eigenvalue weighted by Gasteiger charge is 2.16. The lowest BCUT2D eigenvalue weighted by Gasteiger charge is -2.17. The smallest absolute Gasteiger partial charge is 0.331 e. The predicted octanol–water partition coefficient (Wildman–Crippen LogP) is 3.26. The average molecular weight is 249 g/mol. The van der Waals surface area contributed by atoms with Gasteiger partial charge in [-0.3, -0.25) is 0 Å². The van der Waals surface area contributed by atoms with Crippen LogP contribution >= 0.6 is 15.9 Å². The van der Waals surface area contributed by atoms with E-state index in [1.54, 1.807) is 0 Å². The molecule has 0 saturated heterocycles. The molecule has 13 heavy (non-hydrogen) atoms. The lowest BCUT2D eigenvalue weighted by molar-refractivity contribution is -0.141. The lowest BCUT2D eigenvalue weighted by atomic mass is 9.96. The van der Waals surface area contributed by atoms with Gasteiger partial charge >= 0.3 is 5.97 Å². The molecule has 0 radical (unpaired) electrons. The summed E-state index contributed by atoms with van der Waals surface area (Å²) in [5.41, 5.74) is -0.0456. The first-order chi connectivity index (χ1) is 5.73. The standard InChI is InChI=1S/C10H17BrO2/c1-7(2)13-9(12)6-8(11)10(3,4)5/h6-7H,1-5H3. The summed E-state index contributed by atoms with van der Waals surface area (Å²) in [5.74, 6) is -0.295. The highest BCUT2D eigenvalue weighted by Crippen LogP contribution is 2.29. The van der Waals surface area contributed by atoms with Crippen molar-refractivity contribution < 1.29 is 9.53 Å². The Balaban J connectivity index is 4.32. The average Bonchev–Trinajstić information content (AvgIpc) is 1.82. The molecule has 0 amide bonds. The molecule has 0 aromatic carbocycles. The first kappa shape index (κ1) is 12.7. The van der Waals surface area contributed by atoms with E-state index in [1.165, 1.54) is 6.08 Å². The van der Waals surface area contributed by atoms with E-state index in [-0.39, 0.29) is 17.5 Å². The minimum atomic E-state index is -0.295. The number of hydrogen-bond donors (Lipinski definition) is 0. The number of allylic oxidation sites excluding steroid dienone is 1. The van der Waals surface area contributed by atoms with E-state index in [0.717, 1.165) is 4.48 Å². The Kier molecular flexibility index (Phi) is 4.68. The number of ether oxygens (including phenoxy) is 1. The van der Waals surface area contributed by atoms with Gasteiger partial charge in [0.15, 0.2) is 0 Å². The third-order valence-electron chi connectivity index (χ3n) is 1.31. The van der Waals surface area contributed by atoms with Crippen molar-refractivity contribution in [1.29, 1.82) is 0 Å². The Labute approximate surface area is 88.5 Å². The molecule has 76 valence electrons. The first-order valence-corrected chi connectivity index (χ1v) is 5.11. The number of esters is 1. The summed E-state index contributed by atoms with van der Waals surface area (Å²) in [7, 11) is 0. The van der Waals surface area contributed by atoms with Gasteiger partial charge in [-0.25, -0.2) is 4.79 Å². The maximum atomic E-state index is 11.2. The Morgan fingerprint density at radius 3 is 2.15 bits per heavy atom. The van der Waals surface area contributed by atoms with Gasteiger partial charge in [0.1, 0.15) is 0 Å². The number of carbonyl (C=O) groups excluding carboxylic acids is 1. The Morgan fingerprint density at radius 1 is 1.38 bits per heavy atom. The fraction of sp³-hybridized carbons (Fsp3) is 0.700. The van der Waals surface area contributed by atoms with Crippen LogP contribution in [0.3, 0.4) is 0 Å². The molecule has 0 aliphatic carbocycles. The van der Waals surface area contributed by atoms with E-state index in [2.05, 4.69) is 15.9 Å². The molecule has 0 aromatic heterocycles. The summed E-state index contributed by atoms with van der Waals surface area (Å²) in [6, 6.07) is 0. The van der Waals surface area contributed by atoms with Gasteiger partial charge in [0.25, 0.3) is 0 Å². The fourth-order valence-electron chi connectivity index (χ4n) is 0.586. The van der Waals surface area contributed by atoms with Crippen LogP contribution in [0.15, 0.2) is 10.6 Å². The van der Waals surface area contributed by atoms with Gasteiger partial charge in [0.05, 0.1) is 6.10 Å². The second kappa shape index (κ2) is 4.80. The zero-order valence-corrected chi connectivity index (χ0v) is 10.4. The highest BCUT2D eigenvalue weighted by atomic mass is 79.9. The van der Waals surface area contributed by atoms with Gasteiger partial charge < -0.3 is 4.74 Å². The highest BCUT2D eigenvalue weighted by molar-refractivity contribution is 9.11. The zero-order chi connectivity index (χ0) is 10.6. The van der Waals surface area contributed by atoms with Crippen LogP contribution in [0.2, 0.25) is 0 Å². The Hall–Kier alpha value is -0.310. The summed E-state index contributed by atoms with van der Waals surface area (Å²) >= 11 is 3.35. The lowest BCUT2D eigenvalue weighted by Crippen LogP contribution is -2.12. The molecule has 0 bridgehead atoms. The topological polar surface area (TPSA) is 26.3 Å². The largest absolute Gasteiger partial charge is 0.460 e. The molecule has 0 spiro atoms. The van der Waals surface area contributed by atoms with E-state index in [4.69, 9.17) is 4.74 Å². The molecule has 0 atom stereocenters. The van der Waals surface area contributed by atoms with Gasteiger partial charge in [0.2, 0.25) is 0 Å². The Morgan fingerprint density at radius 2 is 1.85 bits per heavy atom. The molecule has 0 aliphatic heterocycles. The van der Waals surface area contributed by atoms with E-state index >= 15 is 0 Å². The van der Waals surface area contributed by atoms with E-state index in [1.807, 2.05) is 34.6 Å². The van der Waals surface area contributed by atoms with Gasteiger partial charge in [-0.1, -0.05) is 36.7 Å². The Bertz CT molecular complexity index is 211. The number of rotatable bonds is 2.